The number of unbranched alkanes of at least 4 members (excludes halogenated alkanes) is 3. The number of primary amides is 1. The quantitative estimate of drug-likeness (QED) is 0.515. The van der Waals surface area contributed by atoms with Crippen LogP contribution in [0.15, 0.2) is 0 Å². The summed E-state index contributed by atoms with van der Waals surface area (Å²) in [6, 6.07) is 0. The van der Waals surface area contributed by atoms with Gasteiger partial charge in [0.15, 0.2) is 0 Å². The fourth-order valence-corrected chi connectivity index (χ4v) is 1.28. The lowest BCUT2D eigenvalue weighted by Crippen LogP contribution is -2.42. The minimum atomic E-state index is -0.685. The van der Waals surface area contributed by atoms with Gasteiger partial charge >= 0.3 is 0 Å². The summed E-state index contributed by atoms with van der Waals surface area (Å²) in [5.41, 5.74) is 9.90. The van der Waals surface area contributed by atoms with Crippen molar-refractivity contribution in [1.29, 1.82) is 0 Å². The van der Waals surface area contributed by atoms with E-state index in [0.29, 0.717) is 19.5 Å². The first kappa shape index (κ1) is 15.9. The zero-order valence-electron chi connectivity index (χ0n) is 10.9. The maximum absolute atomic E-state index is 11.5. The van der Waals surface area contributed by atoms with Crippen LogP contribution in [0.5, 0.6) is 0 Å². The average molecular weight is 243 g/mol. The fourth-order valence-electron chi connectivity index (χ4n) is 1.28. The van der Waals surface area contributed by atoms with Gasteiger partial charge < -0.3 is 16.8 Å². The molecule has 5 heteroatoms. The first-order valence-corrected chi connectivity index (χ1v) is 6.17. The molecule has 100 valence electrons. The van der Waals surface area contributed by atoms with Gasteiger partial charge in [0.2, 0.25) is 11.8 Å². The Kier molecular flexibility index (Phi) is 7.54. The molecule has 17 heavy (non-hydrogen) atoms. The molecule has 5 N–H and O–H groups in total. The Morgan fingerprint density at radius 1 is 1.12 bits per heavy atom. The van der Waals surface area contributed by atoms with E-state index in [4.69, 9.17) is 11.5 Å². The summed E-state index contributed by atoms with van der Waals surface area (Å²) in [6.45, 7) is 4.44. The van der Waals surface area contributed by atoms with E-state index >= 15 is 0 Å². The van der Waals surface area contributed by atoms with E-state index in [1.165, 1.54) is 0 Å². The average Bonchev–Trinajstić information content (AvgIpc) is 2.26. The highest BCUT2D eigenvalue weighted by Crippen LogP contribution is 2.12. The number of hydrogen-bond acceptors (Lipinski definition) is 3. The van der Waals surface area contributed by atoms with Gasteiger partial charge in [-0.3, -0.25) is 9.59 Å². The SMILES string of the molecule is CC(C)(CNC(=O)CCCCCCN)C(N)=O. The molecule has 2 amide bonds. The smallest absolute Gasteiger partial charge is 0.224 e. The molecule has 0 radical (unpaired) electrons. The summed E-state index contributed by atoms with van der Waals surface area (Å²) < 4.78 is 0. The second-order valence-corrected chi connectivity index (χ2v) is 4.98. The van der Waals surface area contributed by atoms with E-state index in [9.17, 15) is 9.59 Å². The Balaban J connectivity index is 3.63. The zero-order chi connectivity index (χ0) is 13.3. The van der Waals surface area contributed by atoms with Gasteiger partial charge in [-0.2, -0.15) is 0 Å². The molecule has 0 fully saturated rings. The van der Waals surface area contributed by atoms with Gasteiger partial charge in [-0.15, -0.1) is 0 Å². The lowest BCUT2D eigenvalue weighted by atomic mass is 9.93. The molecular formula is C12H25N3O2. The van der Waals surface area contributed by atoms with Gasteiger partial charge in [-0.05, 0) is 33.2 Å². The van der Waals surface area contributed by atoms with E-state index in [2.05, 4.69) is 5.32 Å². The molecule has 0 heterocycles. The van der Waals surface area contributed by atoms with E-state index in [1.54, 1.807) is 13.8 Å². The van der Waals surface area contributed by atoms with Crippen molar-refractivity contribution in [3.8, 4) is 0 Å². The monoisotopic (exact) mass is 243 g/mol. The van der Waals surface area contributed by atoms with Crippen molar-refractivity contribution in [3.63, 3.8) is 0 Å². The Bertz CT molecular complexity index is 252. The summed E-state index contributed by atoms with van der Waals surface area (Å²) in [6.07, 6.45) is 4.46. The summed E-state index contributed by atoms with van der Waals surface area (Å²) >= 11 is 0. The third-order valence-corrected chi connectivity index (χ3v) is 2.75. The highest BCUT2D eigenvalue weighted by molar-refractivity contribution is 5.82. The van der Waals surface area contributed by atoms with Crippen LogP contribution in [0.25, 0.3) is 0 Å². The van der Waals surface area contributed by atoms with Crippen LogP contribution in [0.1, 0.15) is 46.0 Å². The molecule has 0 bridgehead atoms. The van der Waals surface area contributed by atoms with E-state index in [-0.39, 0.29) is 5.91 Å². The van der Waals surface area contributed by atoms with Crippen LogP contribution in [0.3, 0.4) is 0 Å². The molecule has 0 aromatic heterocycles. The lowest BCUT2D eigenvalue weighted by molar-refractivity contribution is -0.127. The molecule has 0 aromatic rings. The van der Waals surface area contributed by atoms with Gasteiger partial charge in [0.1, 0.15) is 0 Å². The van der Waals surface area contributed by atoms with Gasteiger partial charge in [-0.25, -0.2) is 0 Å². The van der Waals surface area contributed by atoms with Gasteiger partial charge in [0.25, 0.3) is 0 Å². The number of carbonyl (C=O) groups excluding carboxylic acids is 2. The van der Waals surface area contributed by atoms with Crippen LogP contribution in [0.2, 0.25) is 0 Å². The zero-order valence-corrected chi connectivity index (χ0v) is 10.9. The Hall–Kier alpha value is -1.10. The van der Waals surface area contributed by atoms with Gasteiger partial charge in [0.05, 0.1) is 5.41 Å². The number of nitrogens with one attached hydrogen (secondary N) is 1. The Morgan fingerprint density at radius 2 is 1.71 bits per heavy atom. The van der Waals surface area contributed by atoms with Crippen molar-refractivity contribution >= 4 is 11.8 Å². The molecule has 5 nitrogen and oxygen atoms in total. The highest BCUT2D eigenvalue weighted by Gasteiger charge is 2.25. The molecule has 0 aliphatic heterocycles. The third-order valence-electron chi connectivity index (χ3n) is 2.75. The van der Waals surface area contributed by atoms with Crippen LogP contribution in [-0.2, 0) is 9.59 Å². The van der Waals surface area contributed by atoms with E-state index in [0.717, 1.165) is 25.7 Å². The molecule has 0 unspecified atom stereocenters. The van der Waals surface area contributed by atoms with Crippen molar-refractivity contribution in [1.82, 2.24) is 5.32 Å². The first-order valence-electron chi connectivity index (χ1n) is 6.17. The summed E-state index contributed by atoms with van der Waals surface area (Å²) in [7, 11) is 0. The lowest BCUT2D eigenvalue weighted by Gasteiger charge is -2.20. The van der Waals surface area contributed by atoms with Crippen LogP contribution in [0, 0.1) is 5.41 Å². The molecule has 0 spiro atoms. The van der Waals surface area contributed by atoms with Gasteiger partial charge in [0, 0.05) is 13.0 Å². The predicted molar refractivity (Wildman–Crippen MR) is 68.1 cm³/mol. The molecule has 0 aliphatic rings. The highest BCUT2D eigenvalue weighted by atomic mass is 16.2. The normalized spacial score (nSPS) is 11.2. The van der Waals surface area contributed by atoms with Crippen molar-refractivity contribution in [2.45, 2.75) is 46.0 Å². The number of amides is 2. The summed E-state index contributed by atoms with van der Waals surface area (Å²) in [5, 5.41) is 2.73. The van der Waals surface area contributed by atoms with Crippen molar-refractivity contribution < 1.29 is 9.59 Å². The van der Waals surface area contributed by atoms with Crippen LogP contribution < -0.4 is 16.8 Å². The van der Waals surface area contributed by atoms with Crippen LogP contribution in [-0.4, -0.2) is 24.9 Å². The van der Waals surface area contributed by atoms with Crippen molar-refractivity contribution in [2.24, 2.45) is 16.9 Å². The fraction of sp³-hybridized carbons (Fsp3) is 0.833. The summed E-state index contributed by atoms with van der Waals surface area (Å²) in [4.78, 5) is 22.5. The first-order chi connectivity index (χ1) is 7.90. The maximum Gasteiger partial charge on any atom is 0.224 e. The molecule has 0 aliphatic carbocycles. The Morgan fingerprint density at radius 3 is 2.24 bits per heavy atom. The molecule has 0 saturated heterocycles. The second kappa shape index (κ2) is 8.06. The topological polar surface area (TPSA) is 98.2 Å². The van der Waals surface area contributed by atoms with Crippen molar-refractivity contribution in [2.75, 3.05) is 13.1 Å². The number of nitrogens with two attached hydrogens (primary N) is 2. The van der Waals surface area contributed by atoms with Crippen LogP contribution in [0.4, 0.5) is 0 Å². The predicted octanol–water partition coefficient (Wildman–Crippen LogP) is 0.523. The minimum absolute atomic E-state index is 0.0212. The molecule has 0 saturated carbocycles. The maximum atomic E-state index is 11.5. The number of hydrogen-bond donors (Lipinski definition) is 3. The standard InChI is InChI=1S/C12H25N3O2/c1-12(2,11(14)17)9-15-10(16)7-5-3-4-6-8-13/h3-9,13H2,1-2H3,(H2,14,17)(H,15,16). The largest absolute Gasteiger partial charge is 0.369 e. The van der Waals surface area contributed by atoms with E-state index in [1.807, 2.05) is 0 Å². The van der Waals surface area contributed by atoms with Gasteiger partial charge in [-0.1, -0.05) is 12.8 Å². The number of carbonyl (C=O) groups is 2. The second-order valence-electron chi connectivity index (χ2n) is 4.98. The summed E-state index contributed by atoms with van der Waals surface area (Å²) in [5.74, 6) is -0.423. The molecule has 0 atom stereocenters. The Labute approximate surface area is 103 Å². The van der Waals surface area contributed by atoms with E-state index < -0.39 is 11.3 Å². The molecule has 0 rings (SSSR count). The third kappa shape index (κ3) is 7.74. The number of rotatable bonds is 9. The van der Waals surface area contributed by atoms with Crippen LogP contribution >= 0.6 is 0 Å². The minimum Gasteiger partial charge on any atom is -0.369 e. The molecule has 0 aromatic carbocycles. The van der Waals surface area contributed by atoms with Crippen molar-refractivity contribution in [3.05, 3.63) is 0 Å². The molecular weight excluding hydrogens is 218 g/mol.